The highest BCUT2D eigenvalue weighted by Gasteiger charge is 2.37. The van der Waals surface area contributed by atoms with Crippen LogP contribution in [0.5, 0.6) is 5.75 Å². The number of benzene rings is 1. The molecule has 114 valence electrons. The van der Waals surface area contributed by atoms with E-state index in [9.17, 15) is 0 Å². The second kappa shape index (κ2) is 5.57. The molecule has 3 heterocycles. The maximum absolute atomic E-state index is 6.12. The summed E-state index contributed by atoms with van der Waals surface area (Å²) in [5, 5.41) is 0. The number of hydrogen-bond donors (Lipinski definition) is 2. The summed E-state index contributed by atoms with van der Waals surface area (Å²) < 4.78 is 11.9. The van der Waals surface area contributed by atoms with Crippen molar-refractivity contribution in [2.24, 2.45) is 5.84 Å². The fourth-order valence-corrected chi connectivity index (χ4v) is 3.93. The number of fused-ring (bicyclic) bond motifs is 2. The van der Waals surface area contributed by atoms with Gasteiger partial charge >= 0.3 is 0 Å². The molecule has 3 atom stereocenters. The van der Waals surface area contributed by atoms with Crippen molar-refractivity contribution in [3.05, 3.63) is 29.3 Å². The van der Waals surface area contributed by atoms with Gasteiger partial charge in [-0.25, -0.2) is 0 Å². The van der Waals surface area contributed by atoms with Crippen LogP contribution < -0.4 is 16.0 Å². The Labute approximate surface area is 125 Å². The van der Waals surface area contributed by atoms with Crippen molar-refractivity contribution in [1.29, 1.82) is 0 Å². The third-order valence-electron chi connectivity index (χ3n) is 5.05. The largest absolute Gasteiger partial charge is 0.493 e. The van der Waals surface area contributed by atoms with Gasteiger partial charge in [0.05, 0.1) is 25.4 Å². The lowest BCUT2D eigenvalue weighted by Crippen LogP contribution is -2.51. The number of ether oxygens (including phenoxy) is 2. The highest BCUT2D eigenvalue weighted by atomic mass is 16.5. The van der Waals surface area contributed by atoms with E-state index in [1.54, 1.807) is 0 Å². The third kappa shape index (κ3) is 2.34. The fourth-order valence-electron chi connectivity index (χ4n) is 3.93. The molecule has 0 aromatic heterocycles. The van der Waals surface area contributed by atoms with E-state index in [2.05, 4.69) is 28.5 Å². The topological polar surface area (TPSA) is 59.8 Å². The summed E-state index contributed by atoms with van der Waals surface area (Å²) in [7, 11) is 0. The van der Waals surface area contributed by atoms with Gasteiger partial charge in [-0.15, -0.1) is 0 Å². The van der Waals surface area contributed by atoms with Crippen molar-refractivity contribution < 1.29 is 9.47 Å². The van der Waals surface area contributed by atoms with Gasteiger partial charge < -0.3 is 9.47 Å². The van der Waals surface area contributed by atoms with Gasteiger partial charge in [-0.2, -0.15) is 0 Å². The van der Waals surface area contributed by atoms with Gasteiger partial charge in [0.15, 0.2) is 0 Å². The van der Waals surface area contributed by atoms with Crippen LogP contribution in [-0.2, 0) is 11.2 Å². The van der Waals surface area contributed by atoms with Crippen LogP contribution in [0.2, 0.25) is 0 Å². The molecule has 3 aliphatic heterocycles. The van der Waals surface area contributed by atoms with Crippen molar-refractivity contribution in [2.45, 2.75) is 37.5 Å². The molecule has 5 heteroatoms. The van der Waals surface area contributed by atoms with Crippen LogP contribution in [0, 0.1) is 0 Å². The molecule has 0 bridgehead atoms. The first kappa shape index (κ1) is 13.5. The van der Waals surface area contributed by atoms with E-state index in [0.717, 1.165) is 37.5 Å². The van der Waals surface area contributed by atoms with E-state index in [1.165, 1.54) is 24.9 Å². The Morgan fingerprint density at radius 2 is 2.33 bits per heavy atom. The number of nitrogens with one attached hydrogen (secondary N) is 1. The first-order valence-electron chi connectivity index (χ1n) is 7.93. The number of nitrogens with two attached hydrogens (primary N) is 1. The summed E-state index contributed by atoms with van der Waals surface area (Å²) in [6.07, 6.45) is 3.61. The molecule has 3 unspecified atom stereocenters. The van der Waals surface area contributed by atoms with Crippen LogP contribution in [0.3, 0.4) is 0 Å². The van der Waals surface area contributed by atoms with Crippen LogP contribution in [0.1, 0.15) is 30.0 Å². The summed E-state index contributed by atoms with van der Waals surface area (Å²) >= 11 is 0. The van der Waals surface area contributed by atoms with Crippen LogP contribution in [0.4, 0.5) is 0 Å². The average Bonchev–Trinajstić information content (AvgIpc) is 3.16. The summed E-state index contributed by atoms with van der Waals surface area (Å²) in [6.45, 7) is 3.72. The molecule has 0 spiro atoms. The lowest BCUT2D eigenvalue weighted by molar-refractivity contribution is -0.0655. The molecule has 0 aliphatic carbocycles. The quantitative estimate of drug-likeness (QED) is 0.642. The number of hydrazine groups is 1. The zero-order valence-corrected chi connectivity index (χ0v) is 12.3. The molecule has 0 amide bonds. The molecule has 5 nitrogen and oxygen atoms in total. The number of rotatable bonds is 3. The Morgan fingerprint density at radius 1 is 1.38 bits per heavy atom. The van der Waals surface area contributed by atoms with Gasteiger partial charge in [0.2, 0.25) is 0 Å². The molecule has 3 aliphatic rings. The van der Waals surface area contributed by atoms with Crippen molar-refractivity contribution in [3.8, 4) is 5.75 Å². The van der Waals surface area contributed by atoms with Gasteiger partial charge in [-0.1, -0.05) is 18.2 Å². The third-order valence-corrected chi connectivity index (χ3v) is 5.05. The highest BCUT2D eigenvalue weighted by Crippen LogP contribution is 2.36. The van der Waals surface area contributed by atoms with Crippen molar-refractivity contribution in [1.82, 2.24) is 10.3 Å². The van der Waals surface area contributed by atoms with Gasteiger partial charge in [0.25, 0.3) is 0 Å². The molecule has 1 aromatic rings. The molecule has 1 aromatic carbocycles. The zero-order chi connectivity index (χ0) is 14.2. The molecule has 0 saturated carbocycles. The summed E-state index contributed by atoms with van der Waals surface area (Å²) in [4.78, 5) is 2.54. The lowest BCUT2D eigenvalue weighted by Gasteiger charge is -2.39. The lowest BCUT2D eigenvalue weighted by atomic mass is 9.96. The van der Waals surface area contributed by atoms with Crippen molar-refractivity contribution >= 4 is 0 Å². The first-order chi connectivity index (χ1) is 10.4. The molecule has 0 radical (unpaired) electrons. The maximum atomic E-state index is 6.12. The second-order valence-electron chi connectivity index (χ2n) is 6.24. The predicted molar refractivity (Wildman–Crippen MR) is 80.0 cm³/mol. The minimum atomic E-state index is -0.0143. The normalized spacial score (nSPS) is 29.8. The minimum Gasteiger partial charge on any atom is -0.493 e. The zero-order valence-electron chi connectivity index (χ0n) is 12.3. The maximum Gasteiger partial charge on any atom is 0.127 e. The Morgan fingerprint density at radius 3 is 3.24 bits per heavy atom. The van der Waals surface area contributed by atoms with E-state index in [1.807, 2.05) is 0 Å². The predicted octanol–water partition coefficient (Wildman–Crippen LogP) is 0.989. The molecule has 2 saturated heterocycles. The summed E-state index contributed by atoms with van der Waals surface area (Å²) in [6, 6.07) is 6.93. The van der Waals surface area contributed by atoms with Crippen LogP contribution >= 0.6 is 0 Å². The fraction of sp³-hybridized carbons (Fsp3) is 0.625. The molecule has 21 heavy (non-hydrogen) atoms. The Hall–Kier alpha value is -1.14. The van der Waals surface area contributed by atoms with E-state index in [-0.39, 0.29) is 12.1 Å². The molecule has 3 N–H and O–H groups in total. The Kier molecular flexibility index (Phi) is 3.59. The molecular formula is C16H23N3O2. The monoisotopic (exact) mass is 289 g/mol. The Bertz CT molecular complexity index is 522. The molecule has 2 fully saturated rings. The van der Waals surface area contributed by atoms with Gasteiger partial charge in [-0.05, 0) is 24.9 Å². The van der Waals surface area contributed by atoms with Gasteiger partial charge in [0, 0.05) is 24.6 Å². The second-order valence-corrected chi connectivity index (χ2v) is 6.24. The summed E-state index contributed by atoms with van der Waals surface area (Å²) in [5.74, 6) is 6.87. The molecular weight excluding hydrogens is 266 g/mol. The minimum absolute atomic E-state index is 0.0143. The van der Waals surface area contributed by atoms with E-state index < -0.39 is 0 Å². The van der Waals surface area contributed by atoms with E-state index >= 15 is 0 Å². The standard InChI is InChI=1S/C16H23N3O2/c17-18-15(13-5-1-3-11-6-8-20-16(11)13)14-9-19-7-2-4-12(19)10-21-14/h1,3,5,12,14-15,18H,2,4,6-10,17H2. The number of para-hydroxylation sites is 1. The van der Waals surface area contributed by atoms with E-state index in [4.69, 9.17) is 15.3 Å². The Balaban J connectivity index is 1.59. The van der Waals surface area contributed by atoms with Crippen molar-refractivity contribution in [3.63, 3.8) is 0 Å². The average molecular weight is 289 g/mol. The van der Waals surface area contributed by atoms with Crippen molar-refractivity contribution in [2.75, 3.05) is 26.3 Å². The highest BCUT2D eigenvalue weighted by molar-refractivity contribution is 5.46. The SMILES string of the molecule is NNC(c1cccc2c1OCC2)C1CN2CCCC2CO1. The number of nitrogens with zero attached hydrogens (tertiary/aromatic N) is 1. The molecule has 4 rings (SSSR count). The first-order valence-corrected chi connectivity index (χ1v) is 7.93. The summed E-state index contributed by atoms with van der Waals surface area (Å²) in [5.41, 5.74) is 5.38. The smallest absolute Gasteiger partial charge is 0.127 e. The van der Waals surface area contributed by atoms with Crippen LogP contribution in [0.25, 0.3) is 0 Å². The van der Waals surface area contributed by atoms with Gasteiger partial charge in [0.1, 0.15) is 5.75 Å². The number of hydrogen-bond acceptors (Lipinski definition) is 5. The van der Waals surface area contributed by atoms with Crippen LogP contribution in [0.15, 0.2) is 18.2 Å². The van der Waals surface area contributed by atoms with Gasteiger partial charge in [-0.3, -0.25) is 16.2 Å². The van der Waals surface area contributed by atoms with Crippen LogP contribution in [-0.4, -0.2) is 43.3 Å². The number of morpholine rings is 1. The van der Waals surface area contributed by atoms with E-state index in [0.29, 0.717) is 6.04 Å².